The van der Waals surface area contributed by atoms with Crippen molar-refractivity contribution in [3.8, 4) is 6.07 Å². The lowest BCUT2D eigenvalue weighted by Gasteiger charge is -2.09. The quantitative estimate of drug-likeness (QED) is 0.693. The predicted octanol–water partition coefficient (Wildman–Crippen LogP) is 3.22. The van der Waals surface area contributed by atoms with Crippen LogP contribution in [-0.4, -0.2) is 5.75 Å². The van der Waals surface area contributed by atoms with Crippen molar-refractivity contribution in [1.82, 2.24) is 0 Å². The van der Waals surface area contributed by atoms with E-state index in [4.69, 9.17) is 5.26 Å². The number of nitrogens with zero attached hydrogens (tertiary/aromatic N) is 1. The summed E-state index contributed by atoms with van der Waals surface area (Å²) >= 11 is 1.72. The highest BCUT2D eigenvalue weighted by Gasteiger charge is 2.07. The Balaban J connectivity index is 2.28. The molecule has 0 bridgehead atoms. The van der Waals surface area contributed by atoms with Gasteiger partial charge in [-0.15, -0.1) is 11.8 Å². The fourth-order valence-electron chi connectivity index (χ4n) is 1.28. The molecule has 0 aromatic heterocycles. The van der Waals surface area contributed by atoms with Crippen LogP contribution in [0.15, 0.2) is 48.1 Å². The van der Waals surface area contributed by atoms with E-state index in [0.717, 1.165) is 11.3 Å². The first-order valence-electron chi connectivity index (χ1n) is 4.39. The Morgan fingerprint density at radius 1 is 1.14 bits per heavy atom. The summed E-state index contributed by atoms with van der Waals surface area (Å²) in [4.78, 5) is 1.24. The smallest absolute Gasteiger partial charge is 0.0956 e. The average Bonchev–Trinajstić information content (AvgIpc) is 2.30. The molecule has 0 spiro atoms. The Morgan fingerprint density at radius 2 is 1.93 bits per heavy atom. The summed E-state index contributed by atoms with van der Waals surface area (Å²) in [6.45, 7) is 0. The number of allylic oxidation sites excluding steroid dienone is 2. The lowest BCUT2D eigenvalue weighted by Crippen LogP contribution is -1.90. The molecule has 2 heteroatoms. The molecule has 68 valence electrons. The molecule has 1 aliphatic rings. The molecule has 0 amide bonds. The van der Waals surface area contributed by atoms with E-state index in [1.54, 1.807) is 11.8 Å². The lowest BCUT2D eigenvalue weighted by atomic mass is 10.2. The van der Waals surface area contributed by atoms with Crippen LogP contribution < -0.4 is 0 Å². The SMILES string of the molecule is N#CC1=CC=C(c2ccccc2)SC1. The molecule has 0 saturated carbocycles. The highest BCUT2D eigenvalue weighted by Crippen LogP contribution is 2.31. The Hall–Kier alpha value is -1.46. The molecule has 1 aliphatic heterocycles. The number of hydrogen-bond donors (Lipinski definition) is 0. The third kappa shape index (κ3) is 1.89. The van der Waals surface area contributed by atoms with Crippen molar-refractivity contribution >= 4 is 16.7 Å². The van der Waals surface area contributed by atoms with Gasteiger partial charge in [0.2, 0.25) is 0 Å². The molecule has 1 aromatic carbocycles. The highest BCUT2D eigenvalue weighted by molar-refractivity contribution is 8.08. The van der Waals surface area contributed by atoms with Crippen LogP contribution in [0, 0.1) is 11.3 Å². The first kappa shape index (κ1) is 9.11. The van der Waals surface area contributed by atoms with Gasteiger partial charge in [-0.1, -0.05) is 30.3 Å². The summed E-state index contributed by atoms with van der Waals surface area (Å²) in [5, 5.41) is 8.69. The molecule has 0 unspecified atom stereocenters. The summed E-state index contributed by atoms with van der Waals surface area (Å²) in [5.74, 6) is 0.789. The van der Waals surface area contributed by atoms with E-state index in [0.29, 0.717) is 0 Å². The summed E-state index contributed by atoms with van der Waals surface area (Å²) in [5.41, 5.74) is 2.07. The topological polar surface area (TPSA) is 23.8 Å². The molecule has 1 heterocycles. The zero-order chi connectivity index (χ0) is 9.80. The van der Waals surface area contributed by atoms with Crippen LogP contribution >= 0.6 is 11.8 Å². The molecule has 1 aromatic rings. The molecule has 0 atom stereocenters. The van der Waals surface area contributed by atoms with Gasteiger partial charge in [-0.05, 0) is 17.7 Å². The minimum atomic E-state index is 0.789. The maximum Gasteiger partial charge on any atom is 0.0956 e. The van der Waals surface area contributed by atoms with E-state index in [2.05, 4.69) is 18.2 Å². The lowest BCUT2D eigenvalue weighted by molar-refractivity contribution is 1.45. The van der Waals surface area contributed by atoms with E-state index >= 15 is 0 Å². The van der Waals surface area contributed by atoms with Crippen LogP contribution in [0.1, 0.15) is 5.56 Å². The number of thioether (sulfide) groups is 1. The standard InChI is InChI=1S/C12H9NS/c13-8-10-6-7-12(14-9-10)11-4-2-1-3-5-11/h1-7H,9H2. The van der Waals surface area contributed by atoms with Crippen LogP contribution in [0.4, 0.5) is 0 Å². The van der Waals surface area contributed by atoms with Crippen LogP contribution in [0.3, 0.4) is 0 Å². The summed E-state index contributed by atoms with van der Waals surface area (Å²) in [6, 6.07) is 12.4. The maximum atomic E-state index is 8.69. The molecule has 0 fully saturated rings. The van der Waals surface area contributed by atoms with Crippen LogP contribution in [-0.2, 0) is 0 Å². The molecular formula is C12H9NS. The summed E-state index contributed by atoms with van der Waals surface area (Å²) < 4.78 is 0. The van der Waals surface area contributed by atoms with E-state index in [9.17, 15) is 0 Å². The third-order valence-corrected chi connectivity index (χ3v) is 3.16. The highest BCUT2D eigenvalue weighted by atomic mass is 32.2. The molecule has 1 nitrogen and oxygen atoms in total. The average molecular weight is 199 g/mol. The Bertz CT molecular complexity index is 423. The molecule has 14 heavy (non-hydrogen) atoms. The summed E-state index contributed by atoms with van der Waals surface area (Å²) in [7, 11) is 0. The predicted molar refractivity (Wildman–Crippen MR) is 60.6 cm³/mol. The van der Waals surface area contributed by atoms with Crippen molar-refractivity contribution in [3.05, 3.63) is 53.6 Å². The van der Waals surface area contributed by atoms with Crippen molar-refractivity contribution in [2.45, 2.75) is 0 Å². The van der Waals surface area contributed by atoms with Crippen LogP contribution in [0.5, 0.6) is 0 Å². The zero-order valence-electron chi connectivity index (χ0n) is 7.60. The molecule has 0 saturated heterocycles. The van der Waals surface area contributed by atoms with Gasteiger partial charge in [0.25, 0.3) is 0 Å². The van der Waals surface area contributed by atoms with Gasteiger partial charge in [-0.3, -0.25) is 0 Å². The van der Waals surface area contributed by atoms with E-state index in [1.165, 1.54) is 10.5 Å². The first-order valence-corrected chi connectivity index (χ1v) is 5.38. The minimum absolute atomic E-state index is 0.789. The molecule has 2 rings (SSSR count). The van der Waals surface area contributed by atoms with Gasteiger partial charge in [0.05, 0.1) is 6.07 Å². The maximum absolute atomic E-state index is 8.69. The first-order chi connectivity index (χ1) is 6.90. The monoisotopic (exact) mass is 199 g/mol. The van der Waals surface area contributed by atoms with Gasteiger partial charge < -0.3 is 0 Å². The largest absolute Gasteiger partial charge is 0.193 e. The fourth-order valence-corrected chi connectivity index (χ4v) is 2.22. The van der Waals surface area contributed by atoms with Crippen molar-refractivity contribution < 1.29 is 0 Å². The van der Waals surface area contributed by atoms with Crippen molar-refractivity contribution in [2.75, 3.05) is 5.75 Å². The molecular weight excluding hydrogens is 190 g/mol. The Morgan fingerprint density at radius 3 is 2.50 bits per heavy atom. The second-order valence-corrected chi connectivity index (χ2v) is 4.01. The van der Waals surface area contributed by atoms with Crippen LogP contribution in [0.2, 0.25) is 0 Å². The molecule has 0 aliphatic carbocycles. The number of hydrogen-bond acceptors (Lipinski definition) is 2. The third-order valence-electron chi connectivity index (χ3n) is 2.02. The van der Waals surface area contributed by atoms with Gasteiger partial charge in [-0.25, -0.2) is 0 Å². The fraction of sp³-hybridized carbons (Fsp3) is 0.0833. The number of benzene rings is 1. The minimum Gasteiger partial charge on any atom is -0.193 e. The second kappa shape index (κ2) is 4.17. The van der Waals surface area contributed by atoms with Gasteiger partial charge in [-0.2, -0.15) is 5.26 Å². The van der Waals surface area contributed by atoms with Gasteiger partial charge in [0.1, 0.15) is 0 Å². The second-order valence-electron chi connectivity index (χ2n) is 2.99. The molecule has 0 N–H and O–H groups in total. The van der Waals surface area contributed by atoms with Crippen molar-refractivity contribution in [3.63, 3.8) is 0 Å². The van der Waals surface area contributed by atoms with Crippen LogP contribution in [0.25, 0.3) is 4.91 Å². The van der Waals surface area contributed by atoms with Crippen molar-refractivity contribution in [1.29, 1.82) is 5.26 Å². The summed E-state index contributed by atoms with van der Waals surface area (Å²) in [6.07, 6.45) is 3.92. The van der Waals surface area contributed by atoms with Gasteiger partial charge in [0.15, 0.2) is 0 Å². The zero-order valence-corrected chi connectivity index (χ0v) is 8.42. The number of nitriles is 1. The Labute approximate surface area is 87.8 Å². The van der Waals surface area contributed by atoms with Crippen molar-refractivity contribution in [2.24, 2.45) is 0 Å². The van der Waals surface area contributed by atoms with Gasteiger partial charge >= 0.3 is 0 Å². The molecule has 0 radical (unpaired) electrons. The van der Waals surface area contributed by atoms with Gasteiger partial charge in [0, 0.05) is 16.2 Å². The van der Waals surface area contributed by atoms with E-state index in [1.807, 2.05) is 30.4 Å². The normalized spacial score (nSPS) is 15.4. The number of rotatable bonds is 1. The Kier molecular flexibility index (Phi) is 2.71. The van der Waals surface area contributed by atoms with E-state index < -0.39 is 0 Å². The van der Waals surface area contributed by atoms with E-state index in [-0.39, 0.29) is 0 Å².